The molecule has 130 valence electrons. The molecule has 3 aromatic rings. The van der Waals surface area contributed by atoms with Crippen molar-refractivity contribution in [2.24, 2.45) is 0 Å². The van der Waals surface area contributed by atoms with Crippen molar-refractivity contribution in [2.75, 3.05) is 12.4 Å². The molecular formula is C22H19NO3. The van der Waals surface area contributed by atoms with Crippen LogP contribution in [-0.4, -0.2) is 12.9 Å². The van der Waals surface area contributed by atoms with E-state index < -0.39 is 0 Å². The number of carbonyl (C=O) groups is 1. The molecule has 0 fully saturated rings. The van der Waals surface area contributed by atoms with Crippen molar-refractivity contribution in [1.29, 1.82) is 0 Å². The standard InChI is InChI=1S/C22H19NO3/c1-25-20-8-5-9-21(16-20)26-19-12-10-18(11-13-19)23-15-14-22(24)17-6-3-2-4-7-17/h2-16,23H,1H3/b15-14+. The average Bonchev–Trinajstić information content (AvgIpc) is 2.70. The fourth-order valence-corrected chi connectivity index (χ4v) is 2.33. The van der Waals surface area contributed by atoms with Crippen LogP contribution in [0.25, 0.3) is 0 Å². The third kappa shape index (κ3) is 4.74. The second-order valence-electron chi connectivity index (χ2n) is 5.51. The summed E-state index contributed by atoms with van der Waals surface area (Å²) in [5.74, 6) is 2.12. The zero-order valence-electron chi connectivity index (χ0n) is 14.4. The first-order valence-corrected chi connectivity index (χ1v) is 8.19. The molecule has 0 saturated carbocycles. The summed E-state index contributed by atoms with van der Waals surface area (Å²) in [4.78, 5) is 12.0. The SMILES string of the molecule is COc1cccc(Oc2ccc(N/C=C/C(=O)c3ccccc3)cc2)c1. The van der Waals surface area contributed by atoms with E-state index in [1.54, 1.807) is 25.4 Å². The second kappa shape index (κ2) is 8.53. The molecule has 3 rings (SSSR count). The molecule has 3 aromatic carbocycles. The monoisotopic (exact) mass is 345 g/mol. The van der Waals surface area contributed by atoms with E-state index in [9.17, 15) is 4.79 Å². The van der Waals surface area contributed by atoms with Crippen LogP contribution in [-0.2, 0) is 0 Å². The van der Waals surface area contributed by atoms with Gasteiger partial charge in [0, 0.05) is 29.6 Å². The molecule has 1 N–H and O–H groups in total. The molecule has 0 radical (unpaired) electrons. The van der Waals surface area contributed by atoms with Crippen molar-refractivity contribution >= 4 is 11.5 Å². The summed E-state index contributed by atoms with van der Waals surface area (Å²) in [6.07, 6.45) is 3.14. The number of carbonyl (C=O) groups excluding carboxylic acids is 1. The molecule has 4 heteroatoms. The molecule has 0 aromatic heterocycles. The van der Waals surface area contributed by atoms with Crippen molar-refractivity contribution in [3.63, 3.8) is 0 Å². The number of rotatable bonds is 7. The summed E-state index contributed by atoms with van der Waals surface area (Å²) in [6.45, 7) is 0. The number of anilines is 1. The van der Waals surface area contributed by atoms with Crippen molar-refractivity contribution in [3.05, 3.63) is 96.7 Å². The second-order valence-corrected chi connectivity index (χ2v) is 5.51. The third-order valence-electron chi connectivity index (χ3n) is 3.67. The van der Waals surface area contributed by atoms with Gasteiger partial charge in [-0.1, -0.05) is 36.4 Å². The van der Waals surface area contributed by atoms with Gasteiger partial charge in [-0.2, -0.15) is 0 Å². The molecule has 0 saturated heterocycles. The Bertz CT molecular complexity index is 887. The van der Waals surface area contributed by atoms with E-state index in [4.69, 9.17) is 9.47 Å². The first-order valence-electron chi connectivity index (χ1n) is 8.19. The van der Waals surface area contributed by atoms with Gasteiger partial charge in [-0.3, -0.25) is 4.79 Å². The molecule has 0 unspecified atom stereocenters. The highest BCUT2D eigenvalue weighted by Crippen LogP contribution is 2.26. The number of allylic oxidation sites excluding steroid dienone is 1. The van der Waals surface area contributed by atoms with Crippen LogP contribution in [0, 0.1) is 0 Å². The maximum absolute atomic E-state index is 12.0. The maximum Gasteiger partial charge on any atom is 0.187 e. The predicted octanol–water partition coefficient (Wildman–Crippen LogP) is 5.30. The first kappa shape index (κ1) is 17.3. The smallest absolute Gasteiger partial charge is 0.187 e. The van der Waals surface area contributed by atoms with Crippen LogP contribution in [0.5, 0.6) is 17.2 Å². The van der Waals surface area contributed by atoms with Gasteiger partial charge in [0.05, 0.1) is 7.11 Å². The van der Waals surface area contributed by atoms with Gasteiger partial charge in [0.2, 0.25) is 0 Å². The van der Waals surface area contributed by atoms with Crippen LogP contribution >= 0.6 is 0 Å². The van der Waals surface area contributed by atoms with Crippen LogP contribution in [0.3, 0.4) is 0 Å². The summed E-state index contributed by atoms with van der Waals surface area (Å²) >= 11 is 0. The summed E-state index contributed by atoms with van der Waals surface area (Å²) in [5.41, 5.74) is 1.52. The molecule has 0 aliphatic carbocycles. The summed E-state index contributed by atoms with van der Waals surface area (Å²) in [6, 6.07) is 24.1. The number of hydrogen-bond acceptors (Lipinski definition) is 4. The van der Waals surface area contributed by atoms with Crippen molar-refractivity contribution in [3.8, 4) is 17.2 Å². The lowest BCUT2D eigenvalue weighted by atomic mass is 10.1. The molecule has 0 heterocycles. The third-order valence-corrected chi connectivity index (χ3v) is 3.67. The number of methoxy groups -OCH3 is 1. The number of hydrogen-bond donors (Lipinski definition) is 1. The van der Waals surface area contributed by atoms with E-state index in [1.165, 1.54) is 6.08 Å². The van der Waals surface area contributed by atoms with E-state index in [0.717, 1.165) is 11.4 Å². The van der Waals surface area contributed by atoms with Crippen LogP contribution in [0.4, 0.5) is 5.69 Å². The van der Waals surface area contributed by atoms with Crippen molar-refractivity contribution in [2.45, 2.75) is 0 Å². The summed E-state index contributed by atoms with van der Waals surface area (Å²) in [5, 5.41) is 3.08. The largest absolute Gasteiger partial charge is 0.497 e. The topological polar surface area (TPSA) is 47.6 Å². The lowest BCUT2D eigenvalue weighted by Gasteiger charge is -2.08. The molecular weight excluding hydrogens is 326 g/mol. The van der Waals surface area contributed by atoms with Crippen LogP contribution < -0.4 is 14.8 Å². The Labute approximate surface area is 152 Å². The number of nitrogens with one attached hydrogen (secondary N) is 1. The molecule has 0 amide bonds. The van der Waals surface area contributed by atoms with Gasteiger partial charge in [-0.05, 0) is 36.4 Å². The van der Waals surface area contributed by atoms with E-state index in [0.29, 0.717) is 17.1 Å². The van der Waals surface area contributed by atoms with Gasteiger partial charge < -0.3 is 14.8 Å². The highest BCUT2D eigenvalue weighted by molar-refractivity contribution is 6.04. The fourth-order valence-electron chi connectivity index (χ4n) is 2.33. The van der Waals surface area contributed by atoms with Crippen LogP contribution in [0.2, 0.25) is 0 Å². The summed E-state index contributed by atoms with van der Waals surface area (Å²) in [7, 11) is 1.62. The van der Waals surface area contributed by atoms with Gasteiger partial charge >= 0.3 is 0 Å². The molecule has 0 aliphatic rings. The van der Waals surface area contributed by atoms with Gasteiger partial charge in [0.15, 0.2) is 5.78 Å². The van der Waals surface area contributed by atoms with Crippen LogP contribution in [0.1, 0.15) is 10.4 Å². The van der Waals surface area contributed by atoms with Gasteiger partial charge in [-0.25, -0.2) is 0 Å². The Hall–Kier alpha value is -3.53. The molecule has 0 aliphatic heterocycles. The quantitative estimate of drug-likeness (QED) is 0.466. The fraction of sp³-hybridized carbons (Fsp3) is 0.0455. The average molecular weight is 345 g/mol. The van der Waals surface area contributed by atoms with Crippen molar-refractivity contribution in [1.82, 2.24) is 0 Å². The molecule has 0 bridgehead atoms. The summed E-state index contributed by atoms with van der Waals surface area (Å²) < 4.78 is 11.0. The van der Waals surface area contributed by atoms with Crippen LogP contribution in [0.15, 0.2) is 91.1 Å². The zero-order valence-corrected chi connectivity index (χ0v) is 14.4. The molecule has 0 atom stereocenters. The molecule has 26 heavy (non-hydrogen) atoms. The number of benzene rings is 3. The number of ketones is 1. The van der Waals surface area contributed by atoms with Gasteiger partial charge in [0.25, 0.3) is 0 Å². The highest BCUT2D eigenvalue weighted by Gasteiger charge is 2.01. The van der Waals surface area contributed by atoms with Crippen molar-refractivity contribution < 1.29 is 14.3 Å². The number of ether oxygens (including phenoxy) is 2. The Morgan fingerprint density at radius 2 is 1.58 bits per heavy atom. The normalized spacial score (nSPS) is 10.5. The Morgan fingerprint density at radius 3 is 2.31 bits per heavy atom. The minimum absolute atomic E-state index is 0.0453. The minimum atomic E-state index is -0.0453. The lowest BCUT2D eigenvalue weighted by molar-refractivity contribution is 0.104. The van der Waals surface area contributed by atoms with E-state index >= 15 is 0 Å². The van der Waals surface area contributed by atoms with E-state index in [1.807, 2.05) is 66.7 Å². The van der Waals surface area contributed by atoms with E-state index in [-0.39, 0.29) is 5.78 Å². The zero-order chi connectivity index (χ0) is 18.2. The van der Waals surface area contributed by atoms with Gasteiger partial charge in [-0.15, -0.1) is 0 Å². The van der Waals surface area contributed by atoms with Gasteiger partial charge in [0.1, 0.15) is 17.2 Å². The lowest BCUT2D eigenvalue weighted by Crippen LogP contribution is -1.95. The molecule has 4 nitrogen and oxygen atoms in total. The molecule has 0 spiro atoms. The highest BCUT2D eigenvalue weighted by atomic mass is 16.5. The Kier molecular flexibility index (Phi) is 5.68. The predicted molar refractivity (Wildman–Crippen MR) is 103 cm³/mol. The maximum atomic E-state index is 12.0. The first-order chi connectivity index (χ1) is 12.7. The Balaban J connectivity index is 1.57. The Morgan fingerprint density at radius 1 is 0.846 bits per heavy atom. The minimum Gasteiger partial charge on any atom is -0.497 e. The van der Waals surface area contributed by atoms with E-state index in [2.05, 4.69) is 5.32 Å².